The summed E-state index contributed by atoms with van der Waals surface area (Å²) in [5.74, 6) is 0.724. The number of aliphatic hydroxyl groups excluding tert-OH is 1. The molecule has 1 N–H and O–H groups in total. The molecule has 3 aromatic rings. The van der Waals surface area contributed by atoms with Crippen LogP contribution >= 0.6 is 0 Å². The van der Waals surface area contributed by atoms with Crippen molar-refractivity contribution in [2.75, 3.05) is 18.8 Å². The van der Waals surface area contributed by atoms with Crippen LogP contribution in [0.4, 0.5) is 0 Å². The van der Waals surface area contributed by atoms with Crippen LogP contribution in [0.2, 0.25) is 0 Å². The van der Waals surface area contributed by atoms with Crippen molar-refractivity contribution >= 4 is 33.2 Å². The lowest BCUT2D eigenvalue weighted by Crippen LogP contribution is -2.43. The number of aromatic nitrogens is 1. The summed E-state index contributed by atoms with van der Waals surface area (Å²) in [6.45, 7) is 1.80. The molecular formula is C19H22N2O2S. The molecule has 2 unspecified atom stereocenters. The van der Waals surface area contributed by atoms with Crippen molar-refractivity contribution in [1.82, 2.24) is 8.87 Å². The molecule has 1 fully saturated rings. The Balaban J connectivity index is 1.63. The van der Waals surface area contributed by atoms with Crippen LogP contribution in [0.3, 0.4) is 0 Å². The molecule has 0 saturated carbocycles. The van der Waals surface area contributed by atoms with Crippen molar-refractivity contribution in [2.24, 2.45) is 0 Å². The van der Waals surface area contributed by atoms with Gasteiger partial charge in [-0.15, -0.1) is 4.31 Å². The maximum atomic E-state index is 12.1. The molecule has 0 amide bonds. The monoisotopic (exact) mass is 342 g/mol. The second-order valence-electron chi connectivity index (χ2n) is 6.42. The zero-order valence-electron chi connectivity index (χ0n) is 13.6. The molecule has 0 bridgehead atoms. The molecule has 2 atom stereocenters. The lowest BCUT2D eigenvalue weighted by atomic mass is 10.2. The minimum atomic E-state index is -0.937. The van der Waals surface area contributed by atoms with Crippen molar-refractivity contribution in [3.63, 3.8) is 0 Å². The summed E-state index contributed by atoms with van der Waals surface area (Å²) in [5, 5.41) is 13.0. The van der Waals surface area contributed by atoms with Crippen molar-refractivity contribution in [2.45, 2.75) is 25.5 Å². The van der Waals surface area contributed by atoms with Crippen LogP contribution in [-0.4, -0.2) is 43.5 Å². The summed E-state index contributed by atoms with van der Waals surface area (Å²) in [6, 6.07) is 16.6. The van der Waals surface area contributed by atoms with E-state index in [0.717, 1.165) is 36.2 Å². The third-order valence-corrected chi connectivity index (χ3v) is 6.30. The van der Waals surface area contributed by atoms with Gasteiger partial charge in [-0.25, -0.2) is 0 Å². The van der Waals surface area contributed by atoms with E-state index in [1.807, 2.05) is 28.6 Å². The van der Waals surface area contributed by atoms with Gasteiger partial charge in [0.25, 0.3) is 0 Å². The van der Waals surface area contributed by atoms with E-state index in [2.05, 4.69) is 28.8 Å². The fourth-order valence-corrected chi connectivity index (χ4v) is 5.00. The quantitative estimate of drug-likeness (QED) is 0.742. The van der Waals surface area contributed by atoms with Gasteiger partial charge in [-0.05, 0) is 25.0 Å². The van der Waals surface area contributed by atoms with E-state index in [4.69, 9.17) is 0 Å². The second kappa shape index (κ2) is 6.76. The molecular weight excluding hydrogens is 320 g/mol. The number of nitrogens with zero attached hydrogens (tertiary/aromatic N) is 2. The summed E-state index contributed by atoms with van der Waals surface area (Å²) in [5.41, 5.74) is 2.27. The summed E-state index contributed by atoms with van der Waals surface area (Å²) in [4.78, 5) is 0. The van der Waals surface area contributed by atoms with E-state index in [1.54, 1.807) is 0 Å². The number of hydrogen-bond acceptors (Lipinski definition) is 3. The summed E-state index contributed by atoms with van der Waals surface area (Å²) in [6.07, 6.45) is 1.55. The summed E-state index contributed by atoms with van der Waals surface area (Å²) < 4.78 is 16.2. The number of hydrogen-bond donors (Lipinski definition) is 1. The van der Waals surface area contributed by atoms with Gasteiger partial charge in [-0.1, -0.05) is 36.4 Å². The van der Waals surface area contributed by atoms with E-state index < -0.39 is 17.5 Å². The van der Waals surface area contributed by atoms with Crippen LogP contribution in [0.15, 0.2) is 48.5 Å². The lowest BCUT2D eigenvalue weighted by Gasteiger charge is -2.29. The van der Waals surface area contributed by atoms with Crippen LogP contribution in [0.1, 0.15) is 12.8 Å². The predicted molar refractivity (Wildman–Crippen MR) is 99.3 cm³/mol. The Bertz CT molecular complexity index is 794. The highest BCUT2D eigenvalue weighted by atomic mass is 32.2. The third kappa shape index (κ3) is 2.93. The molecule has 1 aromatic heterocycles. The van der Waals surface area contributed by atoms with Gasteiger partial charge >= 0.3 is 0 Å². The average molecular weight is 342 g/mol. The number of fused-ring (bicyclic) bond motifs is 3. The van der Waals surface area contributed by atoms with Crippen LogP contribution in [0, 0.1) is 0 Å². The van der Waals surface area contributed by atoms with Gasteiger partial charge in [0.2, 0.25) is 0 Å². The Morgan fingerprint density at radius 2 is 1.58 bits per heavy atom. The molecule has 2 aromatic carbocycles. The summed E-state index contributed by atoms with van der Waals surface area (Å²) >= 11 is -0.937. The Kier molecular flexibility index (Phi) is 4.50. The van der Waals surface area contributed by atoms with Crippen LogP contribution in [-0.2, 0) is 17.9 Å². The van der Waals surface area contributed by atoms with Gasteiger partial charge in [0, 0.05) is 39.7 Å². The minimum absolute atomic E-state index is 0.466. The zero-order chi connectivity index (χ0) is 16.5. The molecule has 0 radical (unpaired) electrons. The number of para-hydroxylation sites is 2. The molecule has 2 heterocycles. The first kappa shape index (κ1) is 16.0. The van der Waals surface area contributed by atoms with E-state index in [9.17, 15) is 9.66 Å². The lowest BCUT2D eigenvalue weighted by molar-refractivity contribution is 0.128. The fourth-order valence-electron chi connectivity index (χ4n) is 3.62. The molecule has 4 rings (SSSR count). The Morgan fingerprint density at radius 3 is 2.21 bits per heavy atom. The van der Waals surface area contributed by atoms with Crippen LogP contribution in [0.25, 0.3) is 21.8 Å². The third-order valence-electron chi connectivity index (χ3n) is 4.75. The van der Waals surface area contributed by atoms with Gasteiger partial charge in [0.1, 0.15) is 5.75 Å². The van der Waals surface area contributed by atoms with Gasteiger partial charge in [-0.2, -0.15) is 0 Å². The molecule has 126 valence electrons. The van der Waals surface area contributed by atoms with E-state index in [-0.39, 0.29) is 0 Å². The first-order valence-corrected chi connectivity index (χ1v) is 9.79. The molecule has 1 aliphatic heterocycles. The zero-order valence-corrected chi connectivity index (χ0v) is 14.4. The number of rotatable bonds is 4. The molecule has 1 saturated heterocycles. The molecule has 5 heteroatoms. The SMILES string of the molecule is [O-][S+]1CCCCN1CC(O)Cn1c2ccccc2c2ccccc21. The second-order valence-corrected chi connectivity index (χ2v) is 7.99. The van der Waals surface area contributed by atoms with Gasteiger partial charge in [0.05, 0.1) is 19.2 Å². The number of benzene rings is 2. The van der Waals surface area contributed by atoms with Gasteiger partial charge < -0.3 is 14.2 Å². The highest BCUT2D eigenvalue weighted by Crippen LogP contribution is 2.29. The average Bonchev–Trinajstić information content (AvgIpc) is 2.92. The first-order valence-electron chi connectivity index (χ1n) is 8.51. The topological polar surface area (TPSA) is 51.5 Å². The maximum absolute atomic E-state index is 12.1. The molecule has 4 nitrogen and oxygen atoms in total. The molecule has 0 aliphatic carbocycles. The number of β-amino-alcohol motifs (C(OH)–C–C–N with tert-alkyl or cyclic N) is 1. The van der Waals surface area contributed by atoms with E-state index >= 15 is 0 Å². The van der Waals surface area contributed by atoms with Crippen LogP contribution < -0.4 is 0 Å². The largest absolute Gasteiger partial charge is 0.598 e. The van der Waals surface area contributed by atoms with Crippen molar-refractivity contribution in [1.29, 1.82) is 0 Å². The van der Waals surface area contributed by atoms with Crippen molar-refractivity contribution in [3.05, 3.63) is 48.5 Å². The molecule has 1 aliphatic rings. The first-order chi connectivity index (χ1) is 11.7. The Morgan fingerprint density at radius 1 is 0.958 bits per heavy atom. The van der Waals surface area contributed by atoms with E-state index in [1.165, 1.54) is 10.8 Å². The van der Waals surface area contributed by atoms with Crippen molar-refractivity contribution in [3.8, 4) is 0 Å². The molecule has 24 heavy (non-hydrogen) atoms. The van der Waals surface area contributed by atoms with Gasteiger partial charge in [-0.3, -0.25) is 0 Å². The highest BCUT2D eigenvalue weighted by molar-refractivity contribution is 7.89. The Hall–Kier alpha value is -1.53. The van der Waals surface area contributed by atoms with Gasteiger partial charge in [0.15, 0.2) is 0 Å². The van der Waals surface area contributed by atoms with Crippen LogP contribution in [0.5, 0.6) is 0 Å². The predicted octanol–water partition coefficient (Wildman–Crippen LogP) is 2.91. The standard InChI is InChI=1S/C19H22N2O2S/c22-15(13-20-11-5-6-12-24(20)23)14-21-18-9-3-1-7-16(18)17-8-2-4-10-19(17)21/h1-4,7-10,15,22H,5-6,11-14H2. The Labute approximate surface area is 145 Å². The smallest absolute Gasteiger partial charge is 0.125 e. The number of aliphatic hydroxyl groups is 1. The van der Waals surface area contributed by atoms with E-state index in [0.29, 0.717) is 13.1 Å². The van der Waals surface area contributed by atoms with Crippen molar-refractivity contribution < 1.29 is 9.66 Å². The normalized spacial score (nSPS) is 20.7. The highest BCUT2D eigenvalue weighted by Gasteiger charge is 2.26. The fraction of sp³-hybridized carbons (Fsp3) is 0.368. The maximum Gasteiger partial charge on any atom is 0.125 e. The summed E-state index contributed by atoms with van der Waals surface area (Å²) in [7, 11) is 0. The minimum Gasteiger partial charge on any atom is -0.598 e. The molecule has 0 spiro atoms.